The van der Waals surface area contributed by atoms with Gasteiger partial charge in [0.25, 0.3) is 0 Å². The molecule has 0 aliphatic carbocycles. The highest BCUT2D eigenvalue weighted by Gasteiger charge is 2.28. The molecule has 0 aromatic carbocycles. The van der Waals surface area contributed by atoms with Crippen molar-refractivity contribution in [2.24, 2.45) is 16.5 Å². The van der Waals surface area contributed by atoms with E-state index in [-0.39, 0.29) is 5.96 Å². The second-order valence-corrected chi connectivity index (χ2v) is 4.42. The van der Waals surface area contributed by atoms with Crippen molar-refractivity contribution >= 4 is 5.96 Å². The molecular formula is C10H21N5. The molecule has 0 spiro atoms. The Balaban J connectivity index is 1.83. The lowest BCUT2D eigenvalue weighted by Crippen LogP contribution is -2.39. The highest BCUT2D eigenvalue weighted by Crippen LogP contribution is 2.20. The quantitative estimate of drug-likeness (QED) is 0.466. The van der Waals surface area contributed by atoms with Crippen molar-refractivity contribution in [1.29, 1.82) is 0 Å². The Bertz CT molecular complexity index is 228. The molecule has 0 radical (unpaired) electrons. The van der Waals surface area contributed by atoms with Gasteiger partial charge in [-0.15, -0.1) is 0 Å². The van der Waals surface area contributed by atoms with Gasteiger partial charge < -0.3 is 16.4 Å². The van der Waals surface area contributed by atoms with E-state index in [2.05, 4.69) is 14.8 Å². The van der Waals surface area contributed by atoms with Gasteiger partial charge in [-0.1, -0.05) is 0 Å². The summed E-state index contributed by atoms with van der Waals surface area (Å²) >= 11 is 0. The monoisotopic (exact) mass is 211 g/mol. The van der Waals surface area contributed by atoms with Gasteiger partial charge in [0.1, 0.15) is 0 Å². The van der Waals surface area contributed by atoms with Crippen LogP contribution in [0.25, 0.3) is 0 Å². The molecule has 2 bridgehead atoms. The first kappa shape index (κ1) is 10.7. The van der Waals surface area contributed by atoms with Crippen molar-refractivity contribution in [3.05, 3.63) is 0 Å². The zero-order chi connectivity index (χ0) is 10.7. The molecule has 0 aromatic heterocycles. The lowest BCUT2D eigenvalue weighted by Gasteiger charge is -2.30. The maximum Gasteiger partial charge on any atom is 0.185 e. The summed E-state index contributed by atoms with van der Waals surface area (Å²) in [4.78, 5) is 9.14. The van der Waals surface area contributed by atoms with Gasteiger partial charge in [0.15, 0.2) is 5.96 Å². The summed E-state index contributed by atoms with van der Waals surface area (Å²) in [6.07, 6.45) is 2.61. The fraction of sp³-hybridized carbons (Fsp3) is 0.900. The van der Waals surface area contributed by atoms with E-state index in [1.54, 1.807) is 0 Å². The molecule has 0 unspecified atom stereocenters. The Morgan fingerprint density at radius 2 is 1.87 bits per heavy atom. The third-order valence-corrected chi connectivity index (χ3v) is 3.46. The molecule has 5 nitrogen and oxygen atoms in total. The summed E-state index contributed by atoms with van der Waals surface area (Å²) in [5.74, 6) is 0.206. The number of fused-ring (bicyclic) bond motifs is 4. The smallest absolute Gasteiger partial charge is 0.185 e. The van der Waals surface area contributed by atoms with Gasteiger partial charge in [-0.05, 0) is 25.9 Å². The number of guanidine groups is 1. The second-order valence-electron chi connectivity index (χ2n) is 4.42. The lowest BCUT2D eigenvalue weighted by atomic mass is 10.1. The van der Waals surface area contributed by atoms with Crippen LogP contribution in [-0.2, 0) is 0 Å². The number of nitrogens with zero attached hydrogens (tertiary/aromatic N) is 3. The van der Waals surface area contributed by atoms with Crippen LogP contribution in [0.1, 0.15) is 12.8 Å². The Morgan fingerprint density at radius 1 is 1.13 bits per heavy atom. The van der Waals surface area contributed by atoms with Crippen LogP contribution in [0.15, 0.2) is 4.99 Å². The Labute approximate surface area is 91.1 Å². The molecule has 5 heteroatoms. The van der Waals surface area contributed by atoms with E-state index in [0.717, 1.165) is 19.1 Å². The van der Waals surface area contributed by atoms with E-state index < -0.39 is 0 Å². The second kappa shape index (κ2) is 4.81. The molecule has 3 rings (SSSR count). The van der Waals surface area contributed by atoms with E-state index in [1.165, 1.54) is 39.0 Å². The van der Waals surface area contributed by atoms with Crippen LogP contribution in [0.5, 0.6) is 0 Å². The minimum Gasteiger partial charge on any atom is -0.370 e. The normalized spacial score (nSPS) is 31.2. The van der Waals surface area contributed by atoms with E-state index in [1.807, 2.05) is 0 Å². The van der Waals surface area contributed by atoms with Gasteiger partial charge in [-0.2, -0.15) is 0 Å². The van der Waals surface area contributed by atoms with E-state index in [4.69, 9.17) is 11.5 Å². The Hall–Kier alpha value is -0.810. The van der Waals surface area contributed by atoms with E-state index >= 15 is 0 Å². The first-order chi connectivity index (χ1) is 7.25. The minimum absolute atomic E-state index is 0.206. The maximum absolute atomic E-state index is 5.32. The average molecular weight is 211 g/mol. The summed E-state index contributed by atoms with van der Waals surface area (Å²) in [5.41, 5.74) is 10.6. The molecule has 0 amide bonds. The van der Waals surface area contributed by atoms with Gasteiger partial charge in [0.2, 0.25) is 0 Å². The topological polar surface area (TPSA) is 70.9 Å². The number of nitrogens with two attached hydrogens (primary N) is 2. The summed E-state index contributed by atoms with van der Waals surface area (Å²) in [6, 6.07) is 0.762. The van der Waals surface area contributed by atoms with Crippen LogP contribution < -0.4 is 11.5 Å². The zero-order valence-electron chi connectivity index (χ0n) is 9.23. The van der Waals surface area contributed by atoms with E-state index in [9.17, 15) is 0 Å². The van der Waals surface area contributed by atoms with E-state index in [0.29, 0.717) is 0 Å². The van der Waals surface area contributed by atoms with Crippen LogP contribution in [0, 0.1) is 0 Å². The number of hydrogen-bond donors (Lipinski definition) is 2. The van der Waals surface area contributed by atoms with Crippen LogP contribution in [0.4, 0.5) is 0 Å². The molecule has 0 atom stereocenters. The molecule has 15 heavy (non-hydrogen) atoms. The van der Waals surface area contributed by atoms with Gasteiger partial charge >= 0.3 is 0 Å². The fourth-order valence-electron chi connectivity index (χ4n) is 2.56. The largest absolute Gasteiger partial charge is 0.370 e. The minimum atomic E-state index is 0.206. The molecule has 3 saturated heterocycles. The van der Waals surface area contributed by atoms with Crippen LogP contribution >= 0.6 is 0 Å². The standard InChI is InChI=1S/C10H21N5/c11-10(12)13-3-6-15-8-7-14-4-1-9(15)2-5-14/h9H,1-8H2,(H4,11,12,13). The highest BCUT2D eigenvalue weighted by molar-refractivity contribution is 5.75. The molecule has 3 aliphatic heterocycles. The van der Waals surface area contributed by atoms with Crippen molar-refractivity contribution < 1.29 is 0 Å². The first-order valence-electron chi connectivity index (χ1n) is 5.77. The molecular weight excluding hydrogens is 190 g/mol. The number of aliphatic imine (C=N–C) groups is 1. The molecule has 3 heterocycles. The summed E-state index contributed by atoms with van der Waals surface area (Å²) in [5, 5.41) is 0. The molecule has 4 N–H and O–H groups in total. The predicted octanol–water partition coefficient (Wildman–Crippen LogP) is -0.960. The van der Waals surface area contributed by atoms with Crippen molar-refractivity contribution in [3.63, 3.8) is 0 Å². The van der Waals surface area contributed by atoms with Crippen molar-refractivity contribution in [1.82, 2.24) is 9.80 Å². The van der Waals surface area contributed by atoms with Gasteiger partial charge in [-0.25, -0.2) is 0 Å². The van der Waals surface area contributed by atoms with Gasteiger partial charge in [0.05, 0.1) is 6.54 Å². The van der Waals surface area contributed by atoms with Gasteiger partial charge in [-0.3, -0.25) is 9.89 Å². The fourth-order valence-corrected chi connectivity index (χ4v) is 2.56. The SMILES string of the molecule is NC(N)=NCCN1CCN2CCC1CC2. The zero-order valence-corrected chi connectivity index (χ0v) is 9.23. The lowest BCUT2D eigenvalue weighted by molar-refractivity contribution is 0.187. The molecule has 0 saturated carbocycles. The van der Waals surface area contributed by atoms with Crippen molar-refractivity contribution in [2.75, 3.05) is 39.3 Å². The molecule has 0 aromatic rings. The summed E-state index contributed by atoms with van der Waals surface area (Å²) < 4.78 is 0. The van der Waals surface area contributed by atoms with Gasteiger partial charge in [0, 0.05) is 25.7 Å². The Kier molecular flexibility index (Phi) is 3.43. The summed E-state index contributed by atoms with van der Waals surface area (Å²) in [6.45, 7) is 6.64. The summed E-state index contributed by atoms with van der Waals surface area (Å²) in [7, 11) is 0. The predicted molar refractivity (Wildman–Crippen MR) is 61.7 cm³/mol. The van der Waals surface area contributed by atoms with Crippen LogP contribution in [0.2, 0.25) is 0 Å². The first-order valence-corrected chi connectivity index (χ1v) is 5.77. The number of rotatable bonds is 3. The maximum atomic E-state index is 5.32. The third kappa shape index (κ3) is 2.82. The number of piperidine rings is 1. The van der Waals surface area contributed by atoms with Crippen LogP contribution in [0.3, 0.4) is 0 Å². The molecule has 86 valence electrons. The highest BCUT2D eigenvalue weighted by atomic mass is 15.3. The van der Waals surface area contributed by atoms with Crippen molar-refractivity contribution in [3.8, 4) is 0 Å². The number of hydrogen-bond acceptors (Lipinski definition) is 3. The molecule has 3 aliphatic rings. The average Bonchev–Trinajstić information content (AvgIpc) is 2.52. The van der Waals surface area contributed by atoms with Crippen LogP contribution in [-0.4, -0.2) is 61.1 Å². The Morgan fingerprint density at radius 3 is 2.53 bits per heavy atom. The third-order valence-electron chi connectivity index (χ3n) is 3.46. The van der Waals surface area contributed by atoms with Crippen molar-refractivity contribution in [2.45, 2.75) is 18.9 Å². The molecule has 3 fully saturated rings.